The van der Waals surface area contributed by atoms with E-state index in [-0.39, 0.29) is 6.17 Å². The smallest absolute Gasteiger partial charge is 0.145 e. The maximum Gasteiger partial charge on any atom is 0.145 e. The highest BCUT2D eigenvalue weighted by Crippen LogP contribution is 2.32. The van der Waals surface area contributed by atoms with Gasteiger partial charge >= 0.3 is 0 Å². The summed E-state index contributed by atoms with van der Waals surface area (Å²) in [5, 5.41) is 3.11. The molecule has 10 heavy (non-hydrogen) atoms. The summed E-state index contributed by atoms with van der Waals surface area (Å²) in [6.07, 6.45) is 4.75. The van der Waals surface area contributed by atoms with Crippen LogP contribution in [0.5, 0.6) is 0 Å². The molecule has 56 valence electrons. The van der Waals surface area contributed by atoms with E-state index in [2.05, 4.69) is 10.1 Å². The summed E-state index contributed by atoms with van der Waals surface area (Å²) in [5.74, 6) is 0. The van der Waals surface area contributed by atoms with Gasteiger partial charge in [-0.2, -0.15) is 0 Å². The summed E-state index contributed by atoms with van der Waals surface area (Å²) in [7, 11) is 0. The lowest BCUT2D eigenvalue weighted by molar-refractivity contribution is 0.251. The van der Waals surface area contributed by atoms with E-state index in [4.69, 9.17) is 0 Å². The van der Waals surface area contributed by atoms with Crippen molar-refractivity contribution in [2.24, 2.45) is 5.18 Å². The molecule has 2 atom stereocenters. The number of hydrogen-bond acceptors (Lipinski definition) is 3. The summed E-state index contributed by atoms with van der Waals surface area (Å²) >= 11 is 0. The van der Waals surface area contributed by atoms with E-state index < -0.39 is 0 Å². The van der Waals surface area contributed by atoms with Crippen molar-refractivity contribution in [3.8, 4) is 0 Å². The van der Waals surface area contributed by atoms with E-state index >= 15 is 0 Å². The van der Waals surface area contributed by atoms with Gasteiger partial charge in [0.1, 0.15) is 6.17 Å². The number of fused-ring (bicyclic) bond motifs is 1. The molecule has 0 saturated carbocycles. The Kier molecular flexibility index (Phi) is 1.45. The molecule has 0 bridgehead atoms. The second-order valence-electron chi connectivity index (χ2n) is 3.20. The van der Waals surface area contributed by atoms with Gasteiger partial charge in [0.2, 0.25) is 0 Å². The van der Waals surface area contributed by atoms with Crippen LogP contribution in [0.25, 0.3) is 0 Å². The van der Waals surface area contributed by atoms with Gasteiger partial charge < -0.3 is 0 Å². The fourth-order valence-corrected chi connectivity index (χ4v) is 2.18. The predicted octanol–water partition coefficient (Wildman–Crippen LogP) is 1.34. The molecule has 0 aliphatic carbocycles. The number of nitroso groups, excluding NO2 is 1. The molecule has 3 heteroatoms. The first-order chi connectivity index (χ1) is 4.92. The third-order valence-electron chi connectivity index (χ3n) is 2.69. The van der Waals surface area contributed by atoms with Crippen LogP contribution < -0.4 is 0 Å². The van der Waals surface area contributed by atoms with Gasteiger partial charge in [0.15, 0.2) is 0 Å². The third kappa shape index (κ3) is 0.770. The van der Waals surface area contributed by atoms with Gasteiger partial charge in [0.25, 0.3) is 0 Å². The molecule has 2 fully saturated rings. The lowest BCUT2D eigenvalue weighted by Crippen LogP contribution is -2.29. The predicted molar refractivity (Wildman–Crippen MR) is 38.5 cm³/mol. The number of rotatable bonds is 1. The van der Waals surface area contributed by atoms with E-state index in [1.54, 1.807) is 0 Å². The van der Waals surface area contributed by atoms with Crippen molar-refractivity contribution in [1.29, 1.82) is 0 Å². The molecule has 2 aliphatic heterocycles. The number of nitrogens with zero attached hydrogens (tertiary/aromatic N) is 2. The van der Waals surface area contributed by atoms with Gasteiger partial charge in [-0.25, -0.2) is 0 Å². The van der Waals surface area contributed by atoms with Crippen molar-refractivity contribution in [3.05, 3.63) is 4.91 Å². The molecule has 2 unspecified atom stereocenters. The first-order valence-electron chi connectivity index (χ1n) is 4.00. The molecule has 0 aromatic heterocycles. The van der Waals surface area contributed by atoms with Crippen LogP contribution >= 0.6 is 0 Å². The largest absolute Gasteiger partial charge is 0.276 e. The Hall–Kier alpha value is -0.440. The number of hydrogen-bond donors (Lipinski definition) is 0. The zero-order valence-corrected chi connectivity index (χ0v) is 5.99. The third-order valence-corrected chi connectivity index (χ3v) is 2.69. The van der Waals surface area contributed by atoms with Gasteiger partial charge in [0.05, 0.1) is 0 Å². The maximum absolute atomic E-state index is 10.3. The van der Waals surface area contributed by atoms with Crippen molar-refractivity contribution >= 4 is 0 Å². The Morgan fingerprint density at radius 1 is 1.30 bits per heavy atom. The molecule has 0 N–H and O–H groups in total. The second kappa shape index (κ2) is 2.31. The van der Waals surface area contributed by atoms with Gasteiger partial charge in [-0.3, -0.25) is 4.90 Å². The van der Waals surface area contributed by atoms with Gasteiger partial charge in [0, 0.05) is 12.6 Å². The van der Waals surface area contributed by atoms with E-state index in [0.717, 1.165) is 13.0 Å². The molecule has 0 amide bonds. The zero-order valence-electron chi connectivity index (χ0n) is 5.99. The van der Waals surface area contributed by atoms with E-state index in [0.29, 0.717) is 6.04 Å². The molecule has 0 spiro atoms. The van der Waals surface area contributed by atoms with Crippen LogP contribution in [-0.2, 0) is 0 Å². The zero-order chi connectivity index (χ0) is 6.97. The van der Waals surface area contributed by atoms with E-state index in [9.17, 15) is 4.91 Å². The second-order valence-corrected chi connectivity index (χ2v) is 3.20. The summed E-state index contributed by atoms with van der Waals surface area (Å²) in [6, 6.07) is 0.697. The van der Waals surface area contributed by atoms with E-state index in [1.165, 1.54) is 19.3 Å². The summed E-state index contributed by atoms with van der Waals surface area (Å²) in [4.78, 5) is 12.5. The normalized spacial score (nSPS) is 40.0. The molecule has 2 heterocycles. The van der Waals surface area contributed by atoms with Crippen molar-refractivity contribution in [2.75, 3.05) is 6.54 Å². The molecular formula is C7H12N2O. The molecule has 0 aromatic carbocycles. The van der Waals surface area contributed by atoms with Gasteiger partial charge in [-0.15, -0.1) is 4.91 Å². The Labute approximate surface area is 60.4 Å². The van der Waals surface area contributed by atoms with Crippen molar-refractivity contribution in [1.82, 2.24) is 4.90 Å². The first-order valence-corrected chi connectivity index (χ1v) is 4.00. The Morgan fingerprint density at radius 3 is 3.00 bits per heavy atom. The first kappa shape index (κ1) is 6.28. The minimum atomic E-state index is 0.0208. The van der Waals surface area contributed by atoms with Gasteiger partial charge in [-0.1, -0.05) is 5.18 Å². The molecular weight excluding hydrogens is 128 g/mol. The SMILES string of the molecule is O=NC1CCC2CCCN21. The highest BCUT2D eigenvalue weighted by molar-refractivity contribution is 4.90. The average Bonchev–Trinajstić information content (AvgIpc) is 2.44. The van der Waals surface area contributed by atoms with Crippen LogP contribution in [0.4, 0.5) is 0 Å². The van der Waals surface area contributed by atoms with Crippen molar-refractivity contribution in [3.63, 3.8) is 0 Å². The van der Waals surface area contributed by atoms with Crippen LogP contribution in [0.1, 0.15) is 25.7 Å². The Balaban J connectivity index is 2.07. The fourth-order valence-electron chi connectivity index (χ4n) is 2.18. The minimum Gasteiger partial charge on any atom is -0.276 e. The maximum atomic E-state index is 10.3. The summed E-state index contributed by atoms with van der Waals surface area (Å²) in [5.41, 5.74) is 0. The molecule has 2 aliphatic rings. The summed E-state index contributed by atoms with van der Waals surface area (Å²) < 4.78 is 0. The highest BCUT2D eigenvalue weighted by atomic mass is 16.3. The fraction of sp³-hybridized carbons (Fsp3) is 1.00. The highest BCUT2D eigenvalue weighted by Gasteiger charge is 2.36. The molecule has 0 radical (unpaired) electrons. The quantitative estimate of drug-likeness (QED) is 0.515. The lowest BCUT2D eigenvalue weighted by atomic mass is 10.1. The lowest BCUT2D eigenvalue weighted by Gasteiger charge is -2.16. The summed E-state index contributed by atoms with van der Waals surface area (Å²) in [6.45, 7) is 1.10. The van der Waals surface area contributed by atoms with E-state index in [1.807, 2.05) is 0 Å². The molecule has 3 nitrogen and oxygen atoms in total. The molecule has 2 rings (SSSR count). The monoisotopic (exact) mass is 140 g/mol. The van der Waals surface area contributed by atoms with Crippen LogP contribution in [-0.4, -0.2) is 23.7 Å². The van der Waals surface area contributed by atoms with Crippen molar-refractivity contribution < 1.29 is 0 Å². The van der Waals surface area contributed by atoms with Crippen LogP contribution in [0.2, 0.25) is 0 Å². The minimum absolute atomic E-state index is 0.0208. The van der Waals surface area contributed by atoms with Gasteiger partial charge in [-0.05, 0) is 25.7 Å². The van der Waals surface area contributed by atoms with Crippen LogP contribution in [0.15, 0.2) is 5.18 Å². The average molecular weight is 140 g/mol. The van der Waals surface area contributed by atoms with Crippen molar-refractivity contribution in [2.45, 2.75) is 37.9 Å². The molecule has 2 saturated heterocycles. The Bertz CT molecular complexity index is 149. The Morgan fingerprint density at radius 2 is 2.20 bits per heavy atom. The molecule has 0 aromatic rings. The van der Waals surface area contributed by atoms with Crippen LogP contribution in [0.3, 0.4) is 0 Å². The standard InChI is InChI=1S/C7H12N2O/c10-8-7-4-3-6-2-1-5-9(6)7/h6-7H,1-5H2. The van der Waals surface area contributed by atoms with Crippen LogP contribution in [0, 0.1) is 4.91 Å². The topological polar surface area (TPSA) is 32.7 Å².